The van der Waals surface area contributed by atoms with Crippen LogP contribution in [0.25, 0.3) is 0 Å². The van der Waals surface area contributed by atoms with Crippen LogP contribution >= 0.6 is 0 Å². The lowest BCUT2D eigenvalue weighted by atomic mass is 10.0. The SMILES string of the molecule is C=C(C)C(=O)OC(C)(C)CC(C)OC(C)(C)C. The van der Waals surface area contributed by atoms with E-state index < -0.39 is 5.60 Å². The molecule has 3 nitrogen and oxygen atoms in total. The molecule has 0 aliphatic carbocycles. The molecule has 0 aromatic rings. The van der Waals surface area contributed by atoms with Crippen molar-refractivity contribution < 1.29 is 14.3 Å². The fourth-order valence-electron chi connectivity index (χ4n) is 1.72. The second kappa shape index (κ2) is 5.67. The Morgan fingerprint density at radius 3 is 2.06 bits per heavy atom. The highest BCUT2D eigenvalue weighted by Gasteiger charge is 2.28. The summed E-state index contributed by atoms with van der Waals surface area (Å²) in [5.41, 5.74) is -0.309. The highest BCUT2D eigenvalue weighted by atomic mass is 16.6. The van der Waals surface area contributed by atoms with E-state index in [0.29, 0.717) is 12.0 Å². The van der Waals surface area contributed by atoms with Crippen LogP contribution in [0.5, 0.6) is 0 Å². The lowest BCUT2D eigenvalue weighted by Gasteiger charge is -2.32. The third-order valence-electron chi connectivity index (χ3n) is 2.05. The maximum atomic E-state index is 11.5. The molecule has 0 aliphatic rings. The molecule has 0 rings (SSSR count). The largest absolute Gasteiger partial charge is 0.456 e. The fourth-order valence-corrected chi connectivity index (χ4v) is 1.72. The summed E-state index contributed by atoms with van der Waals surface area (Å²) in [5.74, 6) is -0.349. The lowest BCUT2D eigenvalue weighted by molar-refractivity contribution is -0.156. The van der Waals surface area contributed by atoms with Gasteiger partial charge in [0.2, 0.25) is 0 Å². The summed E-state index contributed by atoms with van der Waals surface area (Å²) in [5, 5.41) is 0. The van der Waals surface area contributed by atoms with Gasteiger partial charge in [-0.1, -0.05) is 6.58 Å². The molecule has 3 heteroatoms. The van der Waals surface area contributed by atoms with Crippen LogP contribution in [0.15, 0.2) is 12.2 Å². The standard InChI is InChI=1S/C14H26O3/c1-10(2)12(15)17-14(7,8)9-11(3)16-13(4,5)6/h11H,1,9H2,2-8H3. The van der Waals surface area contributed by atoms with Gasteiger partial charge in [-0.2, -0.15) is 0 Å². The summed E-state index contributed by atoms with van der Waals surface area (Å²) in [4.78, 5) is 11.5. The van der Waals surface area contributed by atoms with Crippen molar-refractivity contribution in [1.82, 2.24) is 0 Å². The van der Waals surface area contributed by atoms with Crippen molar-refractivity contribution in [2.24, 2.45) is 0 Å². The third kappa shape index (κ3) is 7.97. The Morgan fingerprint density at radius 1 is 1.24 bits per heavy atom. The zero-order valence-corrected chi connectivity index (χ0v) is 12.2. The van der Waals surface area contributed by atoms with Gasteiger partial charge in [0.05, 0.1) is 11.7 Å². The molecule has 1 atom stereocenters. The molecule has 0 heterocycles. The molecule has 0 saturated heterocycles. The van der Waals surface area contributed by atoms with E-state index in [-0.39, 0.29) is 17.7 Å². The molecule has 0 spiro atoms. The molecule has 0 radical (unpaired) electrons. The van der Waals surface area contributed by atoms with Gasteiger partial charge in [0, 0.05) is 12.0 Å². The van der Waals surface area contributed by atoms with Crippen LogP contribution < -0.4 is 0 Å². The van der Waals surface area contributed by atoms with E-state index in [1.165, 1.54) is 0 Å². The molecule has 0 amide bonds. The third-order valence-corrected chi connectivity index (χ3v) is 2.05. The predicted molar refractivity (Wildman–Crippen MR) is 69.9 cm³/mol. The zero-order chi connectivity index (χ0) is 13.9. The van der Waals surface area contributed by atoms with E-state index in [0.717, 1.165) is 0 Å². The van der Waals surface area contributed by atoms with Crippen molar-refractivity contribution in [3.05, 3.63) is 12.2 Å². The van der Waals surface area contributed by atoms with Gasteiger partial charge in [0.15, 0.2) is 0 Å². The Hall–Kier alpha value is -0.830. The summed E-state index contributed by atoms with van der Waals surface area (Å²) in [7, 11) is 0. The molecule has 0 bridgehead atoms. The van der Waals surface area contributed by atoms with E-state index in [1.54, 1.807) is 6.92 Å². The minimum Gasteiger partial charge on any atom is -0.456 e. The molecule has 0 saturated carbocycles. The second-order valence-electron chi connectivity index (χ2n) is 6.17. The van der Waals surface area contributed by atoms with Crippen LogP contribution in [-0.2, 0) is 14.3 Å². The molecule has 1 unspecified atom stereocenters. The minimum absolute atomic E-state index is 0.0305. The van der Waals surface area contributed by atoms with Crippen LogP contribution in [0.4, 0.5) is 0 Å². The van der Waals surface area contributed by atoms with Gasteiger partial charge in [-0.25, -0.2) is 4.79 Å². The topological polar surface area (TPSA) is 35.5 Å². The van der Waals surface area contributed by atoms with Gasteiger partial charge in [-0.3, -0.25) is 0 Å². The van der Waals surface area contributed by atoms with Gasteiger partial charge in [0.25, 0.3) is 0 Å². The quantitative estimate of drug-likeness (QED) is 0.547. The van der Waals surface area contributed by atoms with Gasteiger partial charge < -0.3 is 9.47 Å². The van der Waals surface area contributed by atoms with Gasteiger partial charge in [-0.05, 0) is 48.5 Å². The van der Waals surface area contributed by atoms with Gasteiger partial charge in [0.1, 0.15) is 5.60 Å². The molecular weight excluding hydrogens is 216 g/mol. The number of rotatable bonds is 5. The first-order valence-corrected chi connectivity index (χ1v) is 5.99. The highest BCUT2D eigenvalue weighted by molar-refractivity contribution is 5.87. The van der Waals surface area contributed by atoms with E-state index >= 15 is 0 Å². The van der Waals surface area contributed by atoms with Crippen molar-refractivity contribution >= 4 is 5.97 Å². The first kappa shape index (κ1) is 16.2. The molecule has 100 valence electrons. The number of ether oxygens (including phenoxy) is 2. The Balaban J connectivity index is 4.34. The fraction of sp³-hybridized carbons (Fsp3) is 0.786. The summed E-state index contributed by atoms with van der Waals surface area (Å²) in [6, 6.07) is 0. The first-order valence-electron chi connectivity index (χ1n) is 5.99. The van der Waals surface area contributed by atoms with Crippen molar-refractivity contribution in [2.75, 3.05) is 0 Å². The molecule has 0 N–H and O–H groups in total. The van der Waals surface area contributed by atoms with Crippen LogP contribution in [0.1, 0.15) is 54.9 Å². The highest BCUT2D eigenvalue weighted by Crippen LogP contribution is 2.22. The molecular formula is C14H26O3. The minimum atomic E-state index is -0.541. The Kier molecular flexibility index (Phi) is 5.40. The van der Waals surface area contributed by atoms with Crippen LogP contribution in [-0.4, -0.2) is 23.3 Å². The summed E-state index contributed by atoms with van der Waals surface area (Å²) < 4.78 is 11.2. The van der Waals surface area contributed by atoms with E-state index in [2.05, 4.69) is 6.58 Å². The number of carbonyl (C=O) groups is 1. The van der Waals surface area contributed by atoms with E-state index in [9.17, 15) is 4.79 Å². The molecule has 0 aromatic carbocycles. The maximum Gasteiger partial charge on any atom is 0.333 e. The van der Waals surface area contributed by atoms with Crippen LogP contribution in [0, 0.1) is 0 Å². The molecule has 0 fully saturated rings. The monoisotopic (exact) mass is 242 g/mol. The van der Waals surface area contributed by atoms with E-state index in [1.807, 2.05) is 41.5 Å². The predicted octanol–water partition coefficient (Wildman–Crippen LogP) is 3.48. The Labute approximate surface area is 105 Å². The maximum absolute atomic E-state index is 11.5. The van der Waals surface area contributed by atoms with E-state index in [4.69, 9.17) is 9.47 Å². The first-order chi connectivity index (χ1) is 7.43. The second-order valence-corrected chi connectivity index (χ2v) is 6.17. The average Bonchev–Trinajstić information content (AvgIpc) is 1.96. The summed E-state index contributed by atoms with van der Waals surface area (Å²) in [6.45, 7) is 17.0. The normalized spacial score (nSPS) is 14.3. The number of hydrogen-bond acceptors (Lipinski definition) is 3. The Morgan fingerprint density at radius 2 is 1.71 bits per heavy atom. The summed E-state index contributed by atoms with van der Waals surface area (Å²) >= 11 is 0. The van der Waals surface area contributed by atoms with Crippen LogP contribution in [0.2, 0.25) is 0 Å². The van der Waals surface area contributed by atoms with Crippen molar-refractivity contribution in [3.8, 4) is 0 Å². The zero-order valence-electron chi connectivity index (χ0n) is 12.2. The van der Waals surface area contributed by atoms with Crippen molar-refractivity contribution in [3.63, 3.8) is 0 Å². The van der Waals surface area contributed by atoms with Gasteiger partial charge in [-0.15, -0.1) is 0 Å². The van der Waals surface area contributed by atoms with Crippen molar-refractivity contribution in [1.29, 1.82) is 0 Å². The number of esters is 1. The summed E-state index contributed by atoms with van der Waals surface area (Å²) in [6.07, 6.45) is 0.687. The smallest absolute Gasteiger partial charge is 0.333 e. The van der Waals surface area contributed by atoms with Crippen molar-refractivity contribution in [2.45, 2.75) is 72.2 Å². The van der Waals surface area contributed by atoms with Crippen LogP contribution in [0.3, 0.4) is 0 Å². The molecule has 0 aliphatic heterocycles. The number of hydrogen-bond donors (Lipinski definition) is 0. The molecule has 17 heavy (non-hydrogen) atoms. The average molecular weight is 242 g/mol. The lowest BCUT2D eigenvalue weighted by Crippen LogP contribution is -2.35. The van der Waals surface area contributed by atoms with Gasteiger partial charge >= 0.3 is 5.97 Å². The Bertz CT molecular complexity index is 284. The molecule has 0 aromatic heterocycles. The number of carbonyl (C=O) groups excluding carboxylic acids is 1.